The lowest BCUT2D eigenvalue weighted by Gasteiger charge is -2.37. The van der Waals surface area contributed by atoms with E-state index in [9.17, 15) is 4.79 Å². The van der Waals surface area contributed by atoms with Gasteiger partial charge in [0.25, 0.3) is 0 Å². The number of carbonyl (C=O) groups excluding carboxylic acids is 1. The van der Waals surface area contributed by atoms with Crippen LogP contribution >= 0.6 is 22.6 Å². The maximum atomic E-state index is 12.3. The number of halogens is 1. The monoisotopic (exact) mass is 403 g/mol. The number of rotatable bonds is 4. The Labute approximate surface area is 134 Å². The van der Waals surface area contributed by atoms with Crippen molar-refractivity contribution in [2.24, 2.45) is 0 Å². The molecule has 1 atom stereocenters. The lowest BCUT2D eigenvalue weighted by Crippen LogP contribution is -2.46. The SMILES string of the molecule is CCOC(=O)C(c1cc(I)nc2ccnn12)C1OC(C)O1. The van der Waals surface area contributed by atoms with Gasteiger partial charge in [0.1, 0.15) is 3.70 Å². The van der Waals surface area contributed by atoms with E-state index >= 15 is 0 Å². The second-order valence-electron chi connectivity index (χ2n) is 4.54. The highest BCUT2D eigenvalue weighted by molar-refractivity contribution is 14.1. The Morgan fingerprint density at radius 3 is 3.00 bits per heavy atom. The molecular formula is C13H14IN3O4. The summed E-state index contributed by atoms with van der Waals surface area (Å²) < 4.78 is 18.5. The molecule has 1 aliphatic heterocycles. The van der Waals surface area contributed by atoms with Crippen molar-refractivity contribution in [1.82, 2.24) is 14.6 Å². The third-order valence-corrected chi connectivity index (χ3v) is 3.69. The molecule has 0 saturated carbocycles. The Hall–Kier alpha value is -1.26. The minimum Gasteiger partial charge on any atom is -0.465 e. The number of esters is 1. The molecule has 1 aliphatic rings. The first-order valence-corrected chi connectivity index (χ1v) is 7.65. The summed E-state index contributed by atoms with van der Waals surface area (Å²) in [6.45, 7) is 3.83. The van der Waals surface area contributed by atoms with Gasteiger partial charge in [-0.25, -0.2) is 9.50 Å². The predicted octanol–water partition coefficient (Wildman–Crippen LogP) is 1.70. The summed E-state index contributed by atoms with van der Waals surface area (Å²) in [5.41, 5.74) is 1.31. The highest BCUT2D eigenvalue weighted by Crippen LogP contribution is 2.32. The minimum atomic E-state index is -0.694. The van der Waals surface area contributed by atoms with Crippen LogP contribution in [0.3, 0.4) is 0 Å². The van der Waals surface area contributed by atoms with Gasteiger partial charge in [0.15, 0.2) is 24.1 Å². The number of ether oxygens (including phenoxy) is 3. The van der Waals surface area contributed by atoms with E-state index < -0.39 is 18.2 Å². The zero-order valence-electron chi connectivity index (χ0n) is 11.5. The van der Waals surface area contributed by atoms with Crippen LogP contribution in [0.15, 0.2) is 18.3 Å². The smallest absolute Gasteiger partial charge is 0.320 e. The highest BCUT2D eigenvalue weighted by atomic mass is 127. The standard InChI is InChI=1S/C13H14IN3O4/c1-3-19-12(18)11(13-20-7(2)21-13)8-6-9(14)16-10-4-5-15-17(8)10/h4-7,11,13H,3H2,1-2H3. The first kappa shape index (κ1) is 14.7. The van der Waals surface area contributed by atoms with E-state index in [2.05, 4.69) is 32.7 Å². The minimum absolute atomic E-state index is 0.294. The van der Waals surface area contributed by atoms with Crippen molar-refractivity contribution in [2.75, 3.05) is 6.61 Å². The van der Waals surface area contributed by atoms with Crippen LogP contribution in [0.4, 0.5) is 0 Å². The van der Waals surface area contributed by atoms with E-state index in [1.54, 1.807) is 36.7 Å². The van der Waals surface area contributed by atoms with Gasteiger partial charge in [0.05, 0.1) is 18.5 Å². The second kappa shape index (κ2) is 5.85. The third-order valence-electron chi connectivity index (χ3n) is 3.14. The van der Waals surface area contributed by atoms with E-state index in [0.717, 1.165) is 3.70 Å². The topological polar surface area (TPSA) is 75.0 Å². The Morgan fingerprint density at radius 2 is 2.33 bits per heavy atom. The van der Waals surface area contributed by atoms with Gasteiger partial charge in [-0.15, -0.1) is 0 Å². The van der Waals surface area contributed by atoms with Gasteiger partial charge in [-0.05, 0) is 42.5 Å². The number of hydrogen-bond donors (Lipinski definition) is 0. The molecule has 21 heavy (non-hydrogen) atoms. The third kappa shape index (κ3) is 2.74. The van der Waals surface area contributed by atoms with E-state index in [0.29, 0.717) is 17.9 Å². The largest absolute Gasteiger partial charge is 0.465 e. The lowest BCUT2D eigenvalue weighted by atomic mass is 10.0. The fraction of sp³-hybridized carbons (Fsp3) is 0.462. The quantitative estimate of drug-likeness (QED) is 0.440. The Balaban J connectivity index is 2.05. The maximum Gasteiger partial charge on any atom is 0.320 e. The van der Waals surface area contributed by atoms with Crippen LogP contribution in [0, 0.1) is 3.70 Å². The molecule has 0 N–H and O–H groups in total. The van der Waals surface area contributed by atoms with Gasteiger partial charge in [-0.1, -0.05) is 0 Å². The van der Waals surface area contributed by atoms with Gasteiger partial charge >= 0.3 is 5.97 Å². The second-order valence-corrected chi connectivity index (χ2v) is 5.65. The average molecular weight is 403 g/mol. The predicted molar refractivity (Wildman–Crippen MR) is 80.5 cm³/mol. The summed E-state index contributed by atoms with van der Waals surface area (Å²) >= 11 is 2.10. The van der Waals surface area contributed by atoms with Crippen LogP contribution in [-0.2, 0) is 19.0 Å². The van der Waals surface area contributed by atoms with E-state index in [4.69, 9.17) is 14.2 Å². The first-order valence-electron chi connectivity index (χ1n) is 6.58. The van der Waals surface area contributed by atoms with Crippen molar-refractivity contribution in [2.45, 2.75) is 32.3 Å². The molecule has 3 rings (SSSR count). The maximum absolute atomic E-state index is 12.3. The van der Waals surface area contributed by atoms with Crippen molar-refractivity contribution >= 4 is 34.2 Å². The van der Waals surface area contributed by atoms with Crippen molar-refractivity contribution in [3.8, 4) is 0 Å². The van der Waals surface area contributed by atoms with Gasteiger partial charge in [-0.3, -0.25) is 4.79 Å². The van der Waals surface area contributed by atoms with Crippen LogP contribution in [0.1, 0.15) is 25.5 Å². The highest BCUT2D eigenvalue weighted by Gasteiger charge is 2.42. The molecule has 1 unspecified atom stereocenters. The van der Waals surface area contributed by atoms with Gasteiger partial charge in [0, 0.05) is 6.07 Å². The molecule has 7 nitrogen and oxygen atoms in total. The molecule has 0 radical (unpaired) electrons. The summed E-state index contributed by atoms with van der Waals surface area (Å²) in [5.74, 6) is -1.09. The molecule has 0 aliphatic carbocycles. The molecule has 1 saturated heterocycles. The number of aromatic nitrogens is 3. The fourth-order valence-electron chi connectivity index (χ4n) is 2.27. The molecule has 0 spiro atoms. The Morgan fingerprint density at radius 1 is 1.57 bits per heavy atom. The molecule has 0 bridgehead atoms. The molecular weight excluding hydrogens is 389 g/mol. The lowest BCUT2D eigenvalue weighted by molar-refractivity contribution is -0.380. The van der Waals surface area contributed by atoms with E-state index in [1.807, 2.05) is 0 Å². The Bertz CT molecular complexity index is 668. The van der Waals surface area contributed by atoms with Crippen LogP contribution < -0.4 is 0 Å². The van der Waals surface area contributed by atoms with Crippen molar-refractivity contribution in [1.29, 1.82) is 0 Å². The fourth-order valence-corrected chi connectivity index (χ4v) is 2.84. The van der Waals surface area contributed by atoms with Crippen molar-refractivity contribution in [3.63, 3.8) is 0 Å². The summed E-state index contributed by atoms with van der Waals surface area (Å²) in [4.78, 5) is 16.7. The van der Waals surface area contributed by atoms with E-state index in [-0.39, 0.29) is 6.29 Å². The van der Waals surface area contributed by atoms with Gasteiger partial charge < -0.3 is 14.2 Å². The number of carbonyl (C=O) groups is 1. The molecule has 8 heteroatoms. The van der Waals surface area contributed by atoms with Gasteiger partial charge in [-0.2, -0.15) is 5.10 Å². The summed E-state index contributed by atoms with van der Waals surface area (Å²) in [6, 6.07) is 3.57. The molecule has 2 aromatic rings. The summed E-state index contributed by atoms with van der Waals surface area (Å²) in [7, 11) is 0. The molecule has 0 aromatic carbocycles. The van der Waals surface area contributed by atoms with Crippen LogP contribution in [0.2, 0.25) is 0 Å². The number of nitrogens with zero attached hydrogens (tertiary/aromatic N) is 3. The molecule has 2 aromatic heterocycles. The van der Waals surface area contributed by atoms with Crippen LogP contribution in [0.25, 0.3) is 5.65 Å². The first-order chi connectivity index (χ1) is 10.1. The number of hydrogen-bond acceptors (Lipinski definition) is 6. The molecule has 0 amide bonds. The molecule has 3 heterocycles. The summed E-state index contributed by atoms with van der Waals surface area (Å²) in [6.07, 6.45) is 0.653. The van der Waals surface area contributed by atoms with E-state index in [1.165, 1.54) is 0 Å². The molecule has 1 fully saturated rings. The van der Waals surface area contributed by atoms with Gasteiger partial charge in [0.2, 0.25) is 0 Å². The zero-order chi connectivity index (χ0) is 15.0. The number of fused-ring (bicyclic) bond motifs is 1. The Kier molecular flexibility index (Phi) is 4.09. The molecule has 112 valence electrons. The zero-order valence-corrected chi connectivity index (χ0v) is 13.7. The van der Waals surface area contributed by atoms with Crippen LogP contribution in [0.5, 0.6) is 0 Å². The van der Waals surface area contributed by atoms with Crippen LogP contribution in [-0.4, -0.2) is 39.8 Å². The summed E-state index contributed by atoms with van der Waals surface area (Å²) in [5, 5.41) is 4.21. The van der Waals surface area contributed by atoms with Crippen molar-refractivity contribution < 1.29 is 19.0 Å². The normalized spacial score (nSPS) is 22.8. The average Bonchev–Trinajstić information content (AvgIpc) is 2.85. The van der Waals surface area contributed by atoms with Crippen molar-refractivity contribution in [3.05, 3.63) is 27.7 Å².